The van der Waals surface area contributed by atoms with E-state index in [9.17, 15) is 4.39 Å². The zero-order valence-electron chi connectivity index (χ0n) is 14.6. The summed E-state index contributed by atoms with van der Waals surface area (Å²) in [6.45, 7) is 0. The number of fused-ring (bicyclic) bond motifs is 1. The summed E-state index contributed by atoms with van der Waals surface area (Å²) >= 11 is 1.65. The lowest BCUT2D eigenvalue weighted by Gasteiger charge is -2.56. The number of hydrogen-bond donors (Lipinski definition) is 0. The Morgan fingerprint density at radius 2 is 1.81 bits per heavy atom. The van der Waals surface area contributed by atoms with Crippen molar-refractivity contribution in [3.05, 3.63) is 35.1 Å². The van der Waals surface area contributed by atoms with Crippen molar-refractivity contribution in [1.29, 1.82) is 0 Å². The monoisotopic (exact) mass is 368 g/mol. The Balaban J connectivity index is 1.34. The predicted molar refractivity (Wildman–Crippen MR) is 98.4 cm³/mol. The highest BCUT2D eigenvalue weighted by atomic mass is 32.1. The van der Waals surface area contributed by atoms with E-state index in [2.05, 4.69) is 10.2 Å². The topological polar surface area (TPSA) is 43.1 Å². The first-order valence-corrected chi connectivity index (χ1v) is 10.4. The van der Waals surface area contributed by atoms with Crippen molar-refractivity contribution >= 4 is 16.3 Å². The van der Waals surface area contributed by atoms with E-state index in [4.69, 9.17) is 5.10 Å². The van der Waals surface area contributed by atoms with Crippen LogP contribution in [-0.2, 0) is 6.42 Å². The fourth-order valence-electron chi connectivity index (χ4n) is 6.36. The van der Waals surface area contributed by atoms with Crippen LogP contribution in [0.5, 0.6) is 0 Å². The number of aromatic nitrogens is 4. The second kappa shape index (κ2) is 5.35. The Morgan fingerprint density at radius 3 is 2.50 bits per heavy atom. The van der Waals surface area contributed by atoms with E-state index in [-0.39, 0.29) is 5.82 Å². The Labute approximate surface area is 155 Å². The Bertz CT molecular complexity index is 955. The minimum absolute atomic E-state index is 0.261. The lowest BCUT2D eigenvalue weighted by atomic mass is 9.49. The van der Waals surface area contributed by atoms with Crippen LogP contribution in [0.1, 0.15) is 43.5 Å². The lowest BCUT2D eigenvalue weighted by molar-refractivity contribution is -0.0522. The molecule has 0 amide bonds. The molecule has 4 bridgehead atoms. The van der Waals surface area contributed by atoms with Crippen molar-refractivity contribution in [2.75, 3.05) is 0 Å². The Kier molecular flexibility index (Phi) is 3.14. The number of nitrogens with zero attached hydrogens (tertiary/aromatic N) is 4. The Morgan fingerprint density at radius 1 is 1.08 bits per heavy atom. The standard InChI is InChI=1S/C20H21FN4S/c21-16-3-1-2-15(7-16)18-22-23-19-25(18)24-17(26-19)11-20-8-12-4-13(9-20)6-14(5-12)10-20/h1-3,7,12-14H,4-6,8-11H2. The lowest BCUT2D eigenvalue weighted by Crippen LogP contribution is -2.47. The fraction of sp³-hybridized carbons (Fsp3) is 0.550. The minimum atomic E-state index is -0.261. The number of halogens is 1. The van der Waals surface area contributed by atoms with Crippen molar-refractivity contribution < 1.29 is 4.39 Å². The third kappa shape index (κ3) is 2.34. The molecule has 0 spiro atoms. The molecule has 0 atom stereocenters. The first-order chi connectivity index (χ1) is 12.7. The maximum Gasteiger partial charge on any atom is 0.234 e. The molecule has 134 valence electrons. The van der Waals surface area contributed by atoms with E-state index in [1.165, 1.54) is 50.7 Å². The van der Waals surface area contributed by atoms with Gasteiger partial charge in [-0.2, -0.15) is 9.61 Å². The average Bonchev–Trinajstić information content (AvgIpc) is 3.12. The molecular formula is C20H21FN4S. The summed E-state index contributed by atoms with van der Waals surface area (Å²) in [5, 5.41) is 14.5. The van der Waals surface area contributed by atoms with E-state index in [0.29, 0.717) is 11.2 Å². The van der Waals surface area contributed by atoms with Crippen molar-refractivity contribution in [3.63, 3.8) is 0 Å². The SMILES string of the molecule is Fc1cccc(-c2nnc3sc(CC45CC6CC(CC(C6)C4)C5)nn23)c1. The molecule has 4 aliphatic rings. The third-order valence-corrected chi connectivity index (χ3v) is 7.71. The van der Waals surface area contributed by atoms with Gasteiger partial charge in [0.25, 0.3) is 0 Å². The van der Waals surface area contributed by atoms with Gasteiger partial charge in [-0.15, -0.1) is 10.2 Å². The van der Waals surface area contributed by atoms with Crippen LogP contribution in [0.25, 0.3) is 16.3 Å². The van der Waals surface area contributed by atoms with Crippen LogP contribution in [-0.4, -0.2) is 19.8 Å². The second-order valence-corrected chi connectivity index (χ2v) is 9.86. The van der Waals surface area contributed by atoms with Crippen LogP contribution in [0.4, 0.5) is 4.39 Å². The van der Waals surface area contributed by atoms with Crippen molar-refractivity contribution in [2.45, 2.75) is 44.9 Å². The molecule has 3 aromatic rings. The molecule has 0 saturated heterocycles. The summed E-state index contributed by atoms with van der Waals surface area (Å²) in [5.74, 6) is 3.23. The van der Waals surface area contributed by atoms with E-state index < -0.39 is 0 Å². The first kappa shape index (κ1) is 15.3. The zero-order valence-corrected chi connectivity index (χ0v) is 15.4. The summed E-state index contributed by atoms with van der Waals surface area (Å²) in [5.41, 5.74) is 1.20. The molecule has 0 radical (unpaired) electrons. The van der Waals surface area contributed by atoms with E-state index in [1.54, 1.807) is 21.9 Å². The highest BCUT2D eigenvalue weighted by Gasteiger charge is 2.51. The van der Waals surface area contributed by atoms with E-state index in [1.807, 2.05) is 6.07 Å². The van der Waals surface area contributed by atoms with Gasteiger partial charge < -0.3 is 0 Å². The van der Waals surface area contributed by atoms with Gasteiger partial charge in [0.1, 0.15) is 10.8 Å². The maximum atomic E-state index is 13.6. The van der Waals surface area contributed by atoms with Gasteiger partial charge >= 0.3 is 0 Å². The molecule has 4 aliphatic carbocycles. The fourth-order valence-corrected chi connectivity index (χ4v) is 7.37. The Hall–Kier alpha value is -1.82. The van der Waals surface area contributed by atoms with Crippen LogP contribution in [0, 0.1) is 29.0 Å². The summed E-state index contributed by atoms with van der Waals surface area (Å²) in [6, 6.07) is 6.50. The van der Waals surface area contributed by atoms with Gasteiger partial charge in [0.15, 0.2) is 5.82 Å². The number of benzene rings is 1. The van der Waals surface area contributed by atoms with Gasteiger partial charge in [0.2, 0.25) is 4.96 Å². The van der Waals surface area contributed by atoms with E-state index in [0.717, 1.165) is 39.7 Å². The van der Waals surface area contributed by atoms with Crippen LogP contribution in [0.3, 0.4) is 0 Å². The van der Waals surface area contributed by atoms with Gasteiger partial charge in [-0.05, 0) is 73.8 Å². The van der Waals surface area contributed by atoms with E-state index >= 15 is 0 Å². The normalized spacial score (nSPS) is 32.6. The molecule has 2 aromatic heterocycles. The second-order valence-electron chi connectivity index (χ2n) is 8.82. The third-order valence-electron chi connectivity index (χ3n) is 6.81. The van der Waals surface area contributed by atoms with Crippen LogP contribution in [0.2, 0.25) is 0 Å². The summed E-state index contributed by atoms with van der Waals surface area (Å²) in [7, 11) is 0. The molecule has 4 saturated carbocycles. The molecule has 26 heavy (non-hydrogen) atoms. The van der Waals surface area contributed by atoms with Gasteiger partial charge in [0.05, 0.1) is 0 Å². The summed E-state index contributed by atoms with van der Waals surface area (Å²) in [4.78, 5) is 0.809. The van der Waals surface area contributed by atoms with Gasteiger partial charge in [-0.25, -0.2) is 4.39 Å². The minimum Gasteiger partial charge on any atom is -0.207 e. The van der Waals surface area contributed by atoms with Crippen LogP contribution < -0.4 is 0 Å². The van der Waals surface area contributed by atoms with Crippen molar-refractivity contribution in [3.8, 4) is 11.4 Å². The molecule has 2 heterocycles. The quantitative estimate of drug-likeness (QED) is 0.670. The molecule has 4 fully saturated rings. The number of hydrogen-bond acceptors (Lipinski definition) is 4. The summed E-state index contributed by atoms with van der Waals surface area (Å²) in [6.07, 6.45) is 9.63. The van der Waals surface area contributed by atoms with Gasteiger partial charge in [-0.3, -0.25) is 0 Å². The molecule has 0 aliphatic heterocycles. The molecule has 6 heteroatoms. The van der Waals surface area contributed by atoms with Crippen molar-refractivity contribution in [2.24, 2.45) is 23.2 Å². The van der Waals surface area contributed by atoms with Gasteiger partial charge in [-0.1, -0.05) is 23.5 Å². The van der Waals surface area contributed by atoms with Crippen LogP contribution >= 0.6 is 11.3 Å². The highest BCUT2D eigenvalue weighted by molar-refractivity contribution is 7.16. The molecule has 0 N–H and O–H groups in total. The average molecular weight is 368 g/mol. The smallest absolute Gasteiger partial charge is 0.207 e. The van der Waals surface area contributed by atoms with Crippen LogP contribution in [0.15, 0.2) is 24.3 Å². The molecule has 0 unspecified atom stereocenters. The first-order valence-electron chi connectivity index (χ1n) is 9.63. The molecule has 7 rings (SSSR count). The predicted octanol–water partition coefficient (Wildman–Crippen LogP) is 4.75. The zero-order chi connectivity index (χ0) is 17.3. The molecule has 1 aromatic carbocycles. The molecular weight excluding hydrogens is 347 g/mol. The molecule has 4 nitrogen and oxygen atoms in total. The number of rotatable bonds is 3. The summed E-state index contributed by atoms with van der Waals surface area (Å²) < 4.78 is 15.4. The highest BCUT2D eigenvalue weighted by Crippen LogP contribution is 2.61. The van der Waals surface area contributed by atoms with Crippen molar-refractivity contribution in [1.82, 2.24) is 19.8 Å². The maximum absolute atomic E-state index is 13.6. The van der Waals surface area contributed by atoms with Gasteiger partial charge in [0, 0.05) is 12.0 Å². The largest absolute Gasteiger partial charge is 0.234 e.